The van der Waals surface area contributed by atoms with Crippen LogP contribution in [0.3, 0.4) is 0 Å². The fraction of sp³-hybridized carbons (Fsp3) is 0.423. The molecular formula is C26H31N3O6. The highest BCUT2D eigenvalue weighted by atomic mass is 16.5. The number of nitrogens with one attached hydrogen (secondary N) is 1. The first kappa shape index (κ1) is 24.7. The van der Waals surface area contributed by atoms with E-state index in [1.165, 1.54) is 11.1 Å². The van der Waals surface area contributed by atoms with E-state index in [-0.39, 0.29) is 44.7 Å². The Morgan fingerprint density at radius 3 is 2.31 bits per heavy atom. The Kier molecular flexibility index (Phi) is 8.33. The molecule has 2 aromatic rings. The van der Waals surface area contributed by atoms with Crippen molar-refractivity contribution in [2.45, 2.75) is 12.3 Å². The molecule has 35 heavy (non-hydrogen) atoms. The number of aliphatic carboxylic acids is 1. The first-order chi connectivity index (χ1) is 17.0. The molecule has 2 amide bonds. The quantitative estimate of drug-likeness (QED) is 0.529. The summed E-state index contributed by atoms with van der Waals surface area (Å²) in [6, 6.07) is 16.3. The number of hydrogen-bond acceptors (Lipinski definition) is 6. The van der Waals surface area contributed by atoms with Crippen LogP contribution >= 0.6 is 0 Å². The monoisotopic (exact) mass is 481 g/mol. The molecule has 0 aromatic heterocycles. The van der Waals surface area contributed by atoms with E-state index < -0.39 is 12.1 Å². The number of ether oxygens (including phenoxy) is 2. The maximum Gasteiger partial charge on any atom is 0.407 e. The van der Waals surface area contributed by atoms with Crippen LogP contribution in [0, 0.1) is 0 Å². The summed E-state index contributed by atoms with van der Waals surface area (Å²) in [6.45, 7) is 2.82. The summed E-state index contributed by atoms with van der Waals surface area (Å²) >= 11 is 0. The van der Waals surface area contributed by atoms with Gasteiger partial charge in [-0.05, 0) is 28.7 Å². The lowest BCUT2D eigenvalue weighted by molar-refractivity contribution is -0.138. The predicted octanol–water partition coefficient (Wildman–Crippen LogP) is 2.16. The standard InChI is InChI=1S/C26H31N3O6/c30-24(29-12-5-11-28(13-14-29)16-25(31)32)18-34-15-10-27-26(33)35-17-23-21-8-3-1-6-19(21)20-7-2-4-9-22(20)23/h1-4,6-9,23H,5,10-18H2,(H,27,33)(H,31,32). The van der Waals surface area contributed by atoms with Gasteiger partial charge in [0.25, 0.3) is 0 Å². The summed E-state index contributed by atoms with van der Waals surface area (Å²) in [6.07, 6.45) is 0.204. The number of carbonyl (C=O) groups excluding carboxylic acids is 2. The molecule has 4 rings (SSSR count). The van der Waals surface area contributed by atoms with Crippen LogP contribution in [-0.4, -0.2) is 92.0 Å². The summed E-state index contributed by atoms with van der Waals surface area (Å²) in [5.74, 6) is -0.998. The number of nitrogens with zero attached hydrogens (tertiary/aromatic N) is 2. The van der Waals surface area contributed by atoms with E-state index in [4.69, 9.17) is 14.6 Å². The molecule has 186 valence electrons. The number of alkyl carbamates (subject to hydrolysis) is 1. The molecule has 2 aliphatic rings. The average Bonchev–Trinajstić information content (AvgIpc) is 2.98. The molecule has 1 fully saturated rings. The molecule has 0 saturated carbocycles. The second-order valence-electron chi connectivity index (χ2n) is 8.71. The number of carboxylic acids is 1. The summed E-state index contributed by atoms with van der Waals surface area (Å²) < 4.78 is 10.9. The van der Waals surface area contributed by atoms with Gasteiger partial charge in [0.2, 0.25) is 5.91 Å². The lowest BCUT2D eigenvalue weighted by atomic mass is 9.98. The second-order valence-corrected chi connectivity index (χ2v) is 8.71. The molecule has 2 N–H and O–H groups in total. The third-order valence-corrected chi connectivity index (χ3v) is 6.39. The number of amides is 2. The number of fused-ring (bicyclic) bond motifs is 3. The van der Waals surface area contributed by atoms with Crippen molar-refractivity contribution < 1.29 is 29.0 Å². The molecule has 1 aliphatic carbocycles. The fourth-order valence-corrected chi connectivity index (χ4v) is 4.70. The molecule has 0 atom stereocenters. The van der Waals surface area contributed by atoms with Crippen molar-refractivity contribution in [3.05, 3.63) is 59.7 Å². The molecule has 1 saturated heterocycles. The smallest absolute Gasteiger partial charge is 0.407 e. The fourth-order valence-electron chi connectivity index (χ4n) is 4.70. The molecule has 1 heterocycles. The van der Waals surface area contributed by atoms with Crippen molar-refractivity contribution in [2.24, 2.45) is 0 Å². The van der Waals surface area contributed by atoms with Crippen LogP contribution in [0.5, 0.6) is 0 Å². The third-order valence-electron chi connectivity index (χ3n) is 6.39. The topological polar surface area (TPSA) is 108 Å². The van der Waals surface area contributed by atoms with E-state index in [0.717, 1.165) is 17.5 Å². The van der Waals surface area contributed by atoms with Gasteiger partial charge in [-0.15, -0.1) is 0 Å². The Morgan fingerprint density at radius 2 is 1.63 bits per heavy atom. The van der Waals surface area contributed by atoms with Crippen LogP contribution in [0.25, 0.3) is 11.1 Å². The molecule has 0 bridgehead atoms. The highest BCUT2D eigenvalue weighted by Gasteiger charge is 2.29. The first-order valence-corrected chi connectivity index (χ1v) is 11.9. The van der Waals surface area contributed by atoms with Crippen molar-refractivity contribution in [1.29, 1.82) is 0 Å². The summed E-state index contributed by atoms with van der Waals surface area (Å²) in [7, 11) is 0. The van der Waals surface area contributed by atoms with E-state index in [2.05, 4.69) is 29.6 Å². The Morgan fingerprint density at radius 1 is 0.943 bits per heavy atom. The summed E-state index contributed by atoms with van der Waals surface area (Å²) in [5.41, 5.74) is 4.66. The van der Waals surface area contributed by atoms with Crippen molar-refractivity contribution in [3.63, 3.8) is 0 Å². The Hall–Kier alpha value is -3.43. The zero-order valence-corrected chi connectivity index (χ0v) is 19.7. The number of carboxylic acid groups (broad SMARTS) is 1. The number of rotatable bonds is 9. The molecule has 9 heteroatoms. The van der Waals surface area contributed by atoms with Crippen molar-refractivity contribution >= 4 is 18.0 Å². The molecule has 9 nitrogen and oxygen atoms in total. The minimum Gasteiger partial charge on any atom is -0.480 e. The normalized spacial score (nSPS) is 15.7. The largest absolute Gasteiger partial charge is 0.480 e. The van der Waals surface area contributed by atoms with Gasteiger partial charge in [0.05, 0.1) is 13.2 Å². The number of benzene rings is 2. The summed E-state index contributed by atoms with van der Waals surface area (Å²) in [4.78, 5) is 39.0. The highest BCUT2D eigenvalue weighted by Crippen LogP contribution is 2.44. The van der Waals surface area contributed by atoms with Gasteiger partial charge in [-0.2, -0.15) is 0 Å². The molecule has 0 radical (unpaired) electrons. The van der Waals surface area contributed by atoms with Crippen molar-refractivity contribution in [2.75, 3.05) is 59.1 Å². The van der Waals surface area contributed by atoms with E-state index in [1.807, 2.05) is 29.2 Å². The highest BCUT2D eigenvalue weighted by molar-refractivity contribution is 5.79. The SMILES string of the molecule is O=C(O)CN1CCCN(C(=O)COCCNC(=O)OCC2c3ccccc3-c3ccccc32)CC1. The van der Waals surface area contributed by atoms with Gasteiger partial charge in [-0.1, -0.05) is 48.5 Å². The van der Waals surface area contributed by atoms with Crippen LogP contribution in [0.1, 0.15) is 23.5 Å². The van der Waals surface area contributed by atoms with Crippen LogP contribution in [0.4, 0.5) is 4.79 Å². The zero-order valence-electron chi connectivity index (χ0n) is 19.7. The molecular weight excluding hydrogens is 450 g/mol. The van der Waals surface area contributed by atoms with E-state index in [0.29, 0.717) is 26.2 Å². The van der Waals surface area contributed by atoms with Gasteiger partial charge in [0, 0.05) is 38.6 Å². The van der Waals surface area contributed by atoms with Crippen LogP contribution < -0.4 is 5.32 Å². The minimum atomic E-state index is -0.864. The van der Waals surface area contributed by atoms with E-state index >= 15 is 0 Å². The molecule has 0 spiro atoms. The lowest BCUT2D eigenvalue weighted by Crippen LogP contribution is -2.38. The maximum atomic E-state index is 12.4. The number of hydrogen-bond donors (Lipinski definition) is 2. The maximum absolute atomic E-state index is 12.4. The first-order valence-electron chi connectivity index (χ1n) is 11.9. The Balaban J connectivity index is 1.14. The Labute approximate surface area is 204 Å². The molecule has 0 unspecified atom stereocenters. The molecule has 2 aromatic carbocycles. The van der Waals surface area contributed by atoms with E-state index in [1.54, 1.807) is 4.90 Å². The predicted molar refractivity (Wildman–Crippen MR) is 129 cm³/mol. The third kappa shape index (κ3) is 6.37. The van der Waals surface area contributed by atoms with E-state index in [9.17, 15) is 14.4 Å². The molecule has 1 aliphatic heterocycles. The van der Waals surface area contributed by atoms with Crippen molar-refractivity contribution in [3.8, 4) is 11.1 Å². The zero-order chi connectivity index (χ0) is 24.6. The van der Waals surface area contributed by atoms with Crippen LogP contribution in [-0.2, 0) is 19.1 Å². The summed E-state index contributed by atoms with van der Waals surface area (Å²) in [5, 5.41) is 11.6. The second kappa shape index (κ2) is 11.8. The van der Waals surface area contributed by atoms with Crippen LogP contribution in [0.2, 0.25) is 0 Å². The van der Waals surface area contributed by atoms with Gasteiger partial charge in [-0.25, -0.2) is 4.79 Å². The minimum absolute atomic E-state index is 0.00192. The van der Waals surface area contributed by atoms with Crippen LogP contribution in [0.15, 0.2) is 48.5 Å². The average molecular weight is 482 g/mol. The van der Waals surface area contributed by atoms with Gasteiger partial charge < -0.3 is 24.8 Å². The van der Waals surface area contributed by atoms with Gasteiger partial charge in [0.15, 0.2) is 0 Å². The van der Waals surface area contributed by atoms with Crippen molar-refractivity contribution in [1.82, 2.24) is 15.1 Å². The van der Waals surface area contributed by atoms with Gasteiger partial charge in [-0.3, -0.25) is 14.5 Å². The van der Waals surface area contributed by atoms with Gasteiger partial charge in [0.1, 0.15) is 13.2 Å². The number of carbonyl (C=O) groups is 3. The van der Waals surface area contributed by atoms with Gasteiger partial charge >= 0.3 is 12.1 Å². The lowest BCUT2D eigenvalue weighted by Gasteiger charge is -2.21. The Bertz CT molecular complexity index is 1010.